The molecule has 29 heavy (non-hydrogen) atoms. The second kappa shape index (κ2) is 7.53. The third-order valence-corrected chi connectivity index (χ3v) is 4.46. The third kappa shape index (κ3) is 4.67. The summed E-state index contributed by atoms with van der Waals surface area (Å²) in [6.07, 6.45) is -9.24. The molecular formula is C18H9Cl2F6N2O. The Balaban J connectivity index is 1.90. The van der Waals surface area contributed by atoms with E-state index in [1.807, 2.05) is 0 Å². The lowest BCUT2D eigenvalue weighted by Gasteiger charge is -2.29. The Labute approximate surface area is 170 Å². The second-order valence-corrected chi connectivity index (χ2v) is 6.93. The fourth-order valence-corrected chi connectivity index (χ4v) is 3.23. The molecule has 0 fully saturated rings. The summed E-state index contributed by atoms with van der Waals surface area (Å²) >= 11 is 11.7. The van der Waals surface area contributed by atoms with Crippen LogP contribution in [0.15, 0.2) is 52.6 Å². The summed E-state index contributed by atoms with van der Waals surface area (Å²) in [7, 11) is 0. The maximum Gasteiger partial charge on any atom is 0.435 e. The molecule has 2 aromatic rings. The topological polar surface area (TPSA) is 34.0 Å². The van der Waals surface area contributed by atoms with E-state index in [-0.39, 0.29) is 32.6 Å². The Bertz CT molecular complexity index is 950. The molecule has 1 aliphatic rings. The Morgan fingerprint density at radius 2 is 1.55 bits per heavy atom. The van der Waals surface area contributed by atoms with Crippen LogP contribution in [0.1, 0.15) is 17.5 Å². The summed E-state index contributed by atoms with van der Waals surface area (Å²) in [6, 6.07) is 8.42. The predicted octanol–water partition coefficient (Wildman–Crippen LogP) is 6.72. The molecule has 1 atom stereocenters. The van der Waals surface area contributed by atoms with Gasteiger partial charge in [-0.15, -0.1) is 0 Å². The molecule has 1 radical (unpaired) electrons. The van der Waals surface area contributed by atoms with Gasteiger partial charge in [0.05, 0.1) is 11.4 Å². The summed E-state index contributed by atoms with van der Waals surface area (Å²) in [5, 5.41) is 3.55. The van der Waals surface area contributed by atoms with Gasteiger partial charge in [-0.1, -0.05) is 40.5 Å². The van der Waals surface area contributed by atoms with Gasteiger partial charge in [-0.25, -0.2) is 4.99 Å². The van der Waals surface area contributed by atoms with Gasteiger partial charge in [0.25, 0.3) is 5.60 Å². The SMILES string of the molecule is FC(F)(F)/[C]=N\c1ccc(C2=NOC(c3cc(Cl)cc(Cl)c3)(C(F)(F)F)C2)cc1. The monoisotopic (exact) mass is 453 g/mol. The average molecular weight is 454 g/mol. The highest BCUT2D eigenvalue weighted by Gasteiger charge is 2.62. The van der Waals surface area contributed by atoms with Crippen LogP contribution >= 0.6 is 23.2 Å². The largest absolute Gasteiger partial charge is 0.435 e. The first-order chi connectivity index (χ1) is 13.4. The van der Waals surface area contributed by atoms with Gasteiger partial charge >= 0.3 is 12.4 Å². The molecule has 1 aliphatic heterocycles. The number of benzene rings is 2. The van der Waals surface area contributed by atoms with Crippen LogP contribution in [0.5, 0.6) is 0 Å². The van der Waals surface area contributed by atoms with Crippen molar-refractivity contribution in [2.75, 3.05) is 0 Å². The molecular weight excluding hydrogens is 445 g/mol. The van der Waals surface area contributed by atoms with E-state index in [1.165, 1.54) is 30.3 Å². The molecule has 0 N–H and O–H groups in total. The number of aliphatic imine (C=N–C) groups is 1. The van der Waals surface area contributed by atoms with Gasteiger partial charge in [0.2, 0.25) is 0 Å². The minimum Gasteiger partial charge on any atom is -0.374 e. The molecule has 3 nitrogen and oxygen atoms in total. The van der Waals surface area contributed by atoms with Gasteiger partial charge in [0.15, 0.2) is 6.21 Å². The quantitative estimate of drug-likeness (QED) is 0.375. The number of halogens is 8. The van der Waals surface area contributed by atoms with Crippen LogP contribution < -0.4 is 0 Å². The number of hydrogen-bond donors (Lipinski definition) is 0. The first kappa shape index (κ1) is 21.4. The molecule has 0 saturated heterocycles. The number of hydrogen-bond acceptors (Lipinski definition) is 3. The first-order valence-corrected chi connectivity index (χ1v) is 8.59. The van der Waals surface area contributed by atoms with E-state index in [0.717, 1.165) is 18.3 Å². The zero-order valence-corrected chi connectivity index (χ0v) is 15.6. The molecule has 2 aromatic carbocycles. The van der Waals surface area contributed by atoms with Crippen LogP contribution in [0, 0.1) is 0 Å². The molecule has 0 amide bonds. The minimum atomic E-state index is -4.85. The number of oxime groups is 1. The standard InChI is InChI=1S/C18H9Cl2F6N2O/c19-12-5-11(6-13(20)7-12)16(18(24,25)26)8-15(28-29-16)10-1-3-14(4-2-10)27-9-17(21,22)23/h1-7H,8H2. The number of alkyl halides is 6. The van der Waals surface area contributed by atoms with E-state index in [1.54, 1.807) is 0 Å². The van der Waals surface area contributed by atoms with Crippen molar-refractivity contribution in [3.63, 3.8) is 0 Å². The lowest BCUT2D eigenvalue weighted by atomic mass is 9.86. The van der Waals surface area contributed by atoms with Crippen LogP contribution in [0.2, 0.25) is 10.0 Å². The zero-order valence-electron chi connectivity index (χ0n) is 14.1. The Morgan fingerprint density at radius 3 is 2.07 bits per heavy atom. The van der Waals surface area contributed by atoms with Crippen molar-refractivity contribution in [2.45, 2.75) is 24.4 Å². The van der Waals surface area contributed by atoms with Gasteiger partial charge in [0, 0.05) is 22.0 Å². The Morgan fingerprint density at radius 1 is 0.966 bits per heavy atom. The van der Waals surface area contributed by atoms with Crippen LogP contribution in [-0.2, 0) is 10.4 Å². The molecule has 153 valence electrons. The smallest absolute Gasteiger partial charge is 0.374 e. The third-order valence-electron chi connectivity index (χ3n) is 4.03. The van der Waals surface area contributed by atoms with E-state index < -0.39 is 24.4 Å². The summed E-state index contributed by atoms with van der Waals surface area (Å²) in [6.45, 7) is 0. The van der Waals surface area contributed by atoms with Gasteiger partial charge in [-0.2, -0.15) is 26.3 Å². The van der Waals surface area contributed by atoms with Crippen molar-refractivity contribution in [3.8, 4) is 0 Å². The fourth-order valence-electron chi connectivity index (χ4n) is 2.70. The van der Waals surface area contributed by atoms with E-state index in [9.17, 15) is 26.3 Å². The van der Waals surface area contributed by atoms with Crippen LogP contribution in [-0.4, -0.2) is 24.3 Å². The highest BCUT2D eigenvalue weighted by Crippen LogP contribution is 2.49. The summed E-state index contributed by atoms with van der Waals surface area (Å²) < 4.78 is 78.1. The lowest BCUT2D eigenvalue weighted by molar-refractivity contribution is -0.275. The van der Waals surface area contributed by atoms with Crippen molar-refractivity contribution in [2.24, 2.45) is 10.1 Å². The molecule has 0 aliphatic carbocycles. The molecule has 3 rings (SSSR count). The maximum atomic E-state index is 13.9. The second-order valence-electron chi connectivity index (χ2n) is 6.06. The summed E-state index contributed by atoms with van der Waals surface area (Å²) in [4.78, 5) is 7.98. The van der Waals surface area contributed by atoms with Crippen LogP contribution in [0.3, 0.4) is 0 Å². The molecule has 1 unspecified atom stereocenters. The molecule has 0 spiro atoms. The van der Waals surface area contributed by atoms with Crippen molar-refractivity contribution < 1.29 is 31.2 Å². The lowest BCUT2D eigenvalue weighted by Crippen LogP contribution is -2.42. The summed E-state index contributed by atoms with van der Waals surface area (Å²) in [5.74, 6) is 0. The fraction of sp³-hybridized carbons (Fsp3) is 0.222. The predicted molar refractivity (Wildman–Crippen MR) is 96.0 cm³/mol. The Hall–Kier alpha value is -2.26. The highest BCUT2D eigenvalue weighted by molar-refractivity contribution is 6.34. The minimum absolute atomic E-state index is 0.00342. The number of nitrogens with zero attached hydrogens (tertiary/aromatic N) is 2. The molecule has 11 heteroatoms. The number of rotatable bonds is 3. The highest BCUT2D eigenvalue weighted by atomic mass is 35.5. The normalized spacial score (nSPS) is 20.1. The van der Waals surface area contributed by atoms with Crippen LogP contribution in [0.4, 0.5) is 32.0 Å². The van der Waals surface area contributed by atoms with Gasteiger partial charge in [-0.3, -0.25) is 0 Å². The first-order valence-electron chi connectivity index (χ1n) is 7.83. The van der Waals surface area contributed by atoms with Gasteiger partial charge < -0.3 is 4.84 Å². The summed E-state index contributed by atoms with van der Waals surface area (Å²) in [5.41, 5.74) is -3.00. The molecule has 0 saturated carbocycles. The maximum absolute atomic E-state index is 13.9. The van der Waals surface area contributed by atoms with Gasteiger partial charge in [0.1, 0.15) is 0 Å². The van der Waals surface area contributed by atoms with Crippen molar-refractivity contribution >= 4 is 40.8 Å². The van der Waals surface area contributed by atoms with Crippen molar-refractivity contribution in [3.05, 3.63) is 63.6 Å². The van der Waals surface area contributed by atoms with Crippen LogP contribution in [0.25, 0.3) is 0 Å². The molecule has 0 bridgehead atoms. The van der Waals surface area contributed by atoms with E-state index in [2.05, 4.69) is 10.1 Å². The average Bonchev–Trinajstić information content (AvgIpc) is 3.06. The molecule has 1 heterocycles. The Kier molecular flexibility index (Phi) is 5.57. The molecule has 0 aromatic heterocycles. The van der Waals surface area contributed by atoms with E-state index >= 15 is 0 Å². The zero-order chi connectivity index (χ0) is 21.4. The van der Waals surface area contributed by atoms with E-state index in [0.29, 0.717) is 0 Å². The van der Waals surface area contributed by atoms with Crippen molar-refractivity contribution in [1.82, 2.24) is 0 Å². The van der Waals surface area contributed by atoms with E-state index in [4.69, 9.17) is 28.0 Å². The van der Waals surface area contributed by atoms with Crippen molar-refractivity contribution in [1.29, 1.82) is 0 Å². The van der Waals surface area contributed by atoms with Gasteiger partial charge in [-0.05, 0) is 35.9 Å².